The molecule has 0 saturated carbocycles. The third-order valence-corrected chi connectivity index (χ3v) is 2.97. The zero-order valence-electron chi connectivity index (χ0n) is 11.6. The summed E-state index contributed by atoms with van der Waals surface area (Å²) in [5.41, 5.74) is 0.811. The fourth-order valence-electron chi connectivity index (χ4n) is 1.69. The predicted octanol–water partition coefficient (Wildman–Crippen LogP) is 2.22. The number of hydrogen-bond acceptors (Lipinski definition) is 4. The SMILES string of the molecule is C=CCC(Nc1ccc(N(C)C)nc1)C(C)C(=O)O. The predicted molar refractivity (Wildman–Crippen MR) is 77.6 cm³/mol. The van der Waals surface area contributed by atoms with Gasteiger partial charge in [-0.3, -0.25) is 4.79 Å². The van der Waals surface area contributed by atoms with E-state index < -0.39 is 11.9 Å². The first-order valence-electron chi connectivity index (χ1n) is 6.19. The molecule has 0 fully saturated rings. The van der Waals surface area contributed by atoms with Crippen molar-refractivity contribution in [2.24, 2.45) is 5.92 Å². The van der Waals surface area contributed by atoms with E-state index in [-0.39, 0.29) is 6.04 Å². The molecule has 0 aliphatic rings. The Morgan fingerprint density at radius 2 is 2.26 bits per heavy atom. The summed E-state index contributed by atoms with van der Waals surface area (Å²) >= 11 is 0. The molecule has 0 saturated heterocycles. The Labute approximate surface area is 114 Å². The lowest BCUT2D eigenvalue weighted by atomic mass is 9.99. The summed E-state index contributed by atoms with van der Waals surface area (Å²) in [4.78, 5) is 17.2. The zero-order chi connectivity index (χ0) is 14.4. The Morgan fingerprint density at radius 1 is 1.58 bits per heavy atom. The van der Waals surface area contributed by atoms with Crippen molar-refractivity contribution in [3.8, 4) is 0 Å². The highest BCUT2D eigenvalue weighted by Gasteiger charge is 2.22. The number of aromatic nitrogens is 1. The Bertz CT molecular complexity index is 429. The van der Waals surface area contributed by atoms with Crippen LogP contribution in [0.5, 0.6) is 0 Å². The molecule has 1 heterocycles. The summed E-state index contributed by atoms with van der Waals surface area (Å²) in [6.45, 7) is 5.35. The second-order valence-electron chi connectivity index (χ2n) is 4.70. The van der Waals surface area contributed by atoms with Crippen LogP contribution in [0.4, 0.5) is 11.5 Å². The van der Waals surface area contributed by atoms with Crippen molar-refractivity contribution >= 4 is 17.5 Å². The van der Waals surface area contributed by atoms with Gasteiger partial charge < -0.3 is 15.3 Å². The molecular formula is C14H21N3O2. The number of rotatable bonds is 7. The normalized spacial score (nSPS) is 13.4. The van der Waals surface area contributed by atoms with Crippen LogP contribution in [0, 0.1) is 5.92 Å². The summed E-state index contributed by atoms with van der Waals surface area (Å²) in [6, 6.07) is 3.59. The fourth-order valence-corrected chi connectivity index (χ4v) is 1.69. The Balaban J connectivity index is 2.78. The van der Waals surface area contributed by atoms with Crippen LogP contribution in [-0.2, 0) is 4.79 Å². The Kier molecular flexibility index (Phi) is 5.36. The van der Waals surface area contributed by atoms with E-state index in [0.717, 1.165) is 11.5 Å². The molecule has 2 N–H and O–H groups in total. The van der Waals surface area contributed by atoms with Crippen LogP contribution in [0.15, 0.2) is 31.0 Å². The molecular weight excluding hydrogens is 242 g/mol. The van der Waals surface area contributed by atoms with Crippen molar-refractivity contribution < 1.29 is 9.90 Å². The van der Waals surface area contributed by atoms with Gasteiger partial charge in [0.2, 0.25) is 0 Å². The van der Waals surface area contributed by atoms with Crippen LogP contribution in [0.25, 0.3) is 0 Å². The summed E-state index contributed by atoms with van der Waals surface area (Å²) in [5.74, 6) is -0.458. The average molecular weight is 263 g/mol. The van der Waals surface area contributed by atoms with E-state index >= 15 is 0 Å². The number of nitrogens with one attached hydrogen (secondary N) is 1. The topological polar surface area (TPSA) is 65.5 Å². The summed E-state index contributed by atoms with van der Waals surface area (Å²) in [6.07, 6.45) is 4.02. The van der Waals surface area contributed by atoms with Gasteiger partial charge in [-0.2, -0.15) is 0 Å². The van der Waals surface area contributed by atoms with Crippen LogP contribution in [0.3, 0.4) is 0 Å². The first kappa shape index (κ1) is 15.0. The van der Waals surface area contributed by atoms with Gasteiger partial charge in [0, 0.05) is 20.1 Å². The van der Waals surface area contributed by atoms with Gasteiger partial charge in [-0.15, -0.1) is 6.58 Å². The highest BCUT2D eigenvalue weighted by Crippen LogP contribution is 2.17. The average Bonchev–Trinajstić information content (AvgIpc) is 2.37. The quantitative estimate of drug-likeness (QED) is 0.738. The van der Waals surface area contributed by atoms with Gasteiger partial charge in [0.1, 0.15) is 5.82 Å². The van der Waals surface area contributed by atoms with E-state index in [1.54, 1.807) is 19.2 Å². The lowest BCUT2D eigenvalue weighted by Crippen LogP contribution is -2.32. The Morgan fingerprint density at radius 3 is 2.68 bits per heavy atom. The number of pyridine rings is 1. The van der Waals surface area contributed by atoms with Gasteiger partial charge in [-0.25, -0.2) is 4.98 Å². The molecule has 1 rings (SSSR count). The van der Waals surface area contributed by atoms with Crippen molar-refractivity contribution in [1.82, 2.24) is 4.98 Å². The molecule has 5 nitrogen and oxygen atoms in total. The number of carboxylic acid groups (broad SMARTS) is 1. The van der Waals surface area contributed by atoms with Gasteiger partial charge >= 0.3 is 5.97 Å². The van der Waals surface area contributed by atoms with Crippen molar-refractivity contribution in [1.29, 1.82) is 0 Å². The second kappa shape index (κ2) is 6.78. The second-order valence-corrected chi connectivity index (χ2v) is 4.70. The smallest absolute Gasteiger partial charge is 0.308 e. The molecule has 2 unspecified atom stereocenters. The number of aliphatic carboxylic acids is 1. The lowest BCUT2D eigenvalue weighted by Gasteiger charge is -2.22. The first-order chi connectivity index (χ1) is 8.95. The highest BCUT2D eigenvalue weighted by molar-refractivity contribution is 5.71. The van der Waals surface area contributed by atoms with E-state index in [1.807, 2.05) is 31.1 Å². The number of carbonyl (C=O) groups is 1. The maximum atomic E-state index is 11.1. The summed E-state index contributed by atoms with van der Waals surface area (Å²) in [5, 5.41) is 12.3. The standard InChI is InChI=1S/C14H21N3O2/c1-5-6-12(10(2)14(18)19)16-11-7-8-13(15-9-11)17(3)4/h5,7-10,12,16H,1,6H2,2-4H3,(H,18,19). The molecule has 0 spiro atoms. The molecule has 0 radical (unpaired) electrons. The number of anilines is 2. The van der Waals surface area contributed by atoms with E-state index in [1.165, 1.54) is 0 Å². The van der Waals surface area contributed by atoms with E-state index in [2.05, 4.69) is 16.9 Å². The maximum Gasteiger partial charge on any atom is 0.308 e. The van der Waals surface area contributed by atoms with Crippen LogP contribution < -0.4 is 10.2 Å². The largest absolute Gasteiger partial charge is 0.481 e. The molecule has 0 aliphatic heterocycles. The maximum absolute atomic E-state index is 11.1. The van der Waals surface area contributed by atoms with E-state index in [4.69, 9.17) is 5.11 Å². The van der Waals surface area contributed by atoms with Crippen LogP contribution in [-0.4, -0.2) is 36.2 Å². The van der Waals surface area contributed by atoms with Gasteiger partial charge in [-0.1, -0.05) is 6.08 Å². The fraction of sp³-hybridized carbons (Fsp3) is 0.429. The third kappa shape index (κ3) is 4.28. The number of nitrogens with zero attached hydrogens (tertiary/aromatic N) is 2. The molecule has 2 atom stereocenters. The van der Waals surface area contributed by atoms with Crippen LogP contribution in [0.1, 0.15) is 13.3 Å². The molecule has 0 aliphatic carbocycles. The third-order valence-electron chi connectivity index (χ3n) is 2.97. The minimum atomic E-state index is -0.822. The molecule has 19 heavy (non-hydrogen) atoms. The van der Waals surface area contributed by atoms with Gasteiger partial charge in [0.15, 0.2) is 0 Å². The van der Waals surface area contributed by atoms with Gasteiger partial charge in [-0.05, 0) is 25.5 Å². The molecule has 104 valence electrons. The number of hydrogen-bond donors (Lipinski definition) is 2. The molecule has 0 amide bonds. The lowest BCUT2D eigenvalue weighted by molar-refractivity contribution is -0.141. The Hall–Kier alpha value is -2.04. The zero-order valence-corrected chi connectivity index (χ0v) is 11.6. The van der Waals surface area contributed by atoms with Crippen molar-refractivity contribution in [3.05, 3.63) is 31.0 Å². The van der Waals surface area contributed by atoms with Crippen molar-refractivity contribution in [2.45, 2.75) is 19.4 Å². The summed E-state index contributed by atoms with van der Waals surface area (Å²) < 4.78 is 0. The molecule has 5 heteroatoms. The van der Waals surface area contributed by atoms with Crippen molar-refractivity contribution in [2.75, 3.05) is 24.3 Å². The van der Waals surface area contributed by atoms with Gasteiger partial charge in [0.25, 0.3) is 0 Å². The molecule has 1 aromatic heterocycles. The first-order valence-corrected chi connectivity index (χ1v) is 6.19. The molecule has 0 bridgehead atoms. The van der Waals surface area contributed by atoms with E-state index in [9.17, 15) is 4.79 Å². The monoisotopic (exact) mass is 263 g/mol. The minimum Gasteiger partial charge on any atom is -0.481 e. The van der Waals surface area contributed by atoms with Gasteiger partial charge in [0.05, 0.1) is 17.8 Å². The van der Waals surface area contributed by atoms with Crippen LogP contribution in [0.2, 0.25) is 0 Å². The van der Waals surface area contributed by atoms with E-state index in [0.29, 0.717) is 6.42 Å². The van der Waals surface area contributed by atoms with Crippen LogP contribution >= 0.6 is 0 Å². The minimum absolute atomic E-state index is 0.193. The summed E-state index contributed by atoms with van der Waals surface area (Å²) in [7, 11) is 3.84. The molecule has 0 aromatic carbocycles. The highest BCUT2D eigenvalue weighted by atomic mass is 16.4. The van der Waals surface area contributed by atoms with Crippen molar-refractivity contribution in [3.63, 3.8) is 0 Å². The molecule has 1 aromatic rings. The number of carboxylic acids is 1.